The first-order valence-electron chi connectivity index (χ1n) is 8.17. The standard InChI is InChI=1S/C6H8O7.C6H12O7.K.H4O7P2.H/c7-3(8)1-6(13,5(11)12)2-4(9)10;7-1-2(8)3(9)4(10)5(11)6(12)13;;1-8(2,3)7-9(4,5)6;/h13H,1-2H2,(H,7,8)(H,9,10)(H,11,12);2-5,7-11H,1H2,(H,12,13);;(H2,1,2,3)(H2,4,5,6);/t;2-,3-,4+,5-;;;/m.1.../s1. The molecule has 0 rings (SSSR count). The Bertz CT molecular complexity index is 769. The van der Waals surface area contributed by atoms with E-state index in [-0.39, 0.29) is 51.4 Å². The Morgan fingerprint density at radius 1 is 0.750 bits per heavy atom. The van der Waals surface area contributed by atoms with Gasteiger partial charge in [-0.2, -0.15) is 4.31 Å². The Balaban J connectivity index is -0.000000214. The maximum atomic E-state index is 10.3. The molecule has 0 saturated heterocycles. The molecule has 0 aromatic heterocycles. The summed E-state index contributed by atoms with van der Waals surface area (Å²) in [6.45, 7) is -0.843. The monoisotopic (exact) mass is 606 g/mol. The first-order chi connectivity index (χ1) is 15.4. The molecule has 0 heterocycles. The van der Waals surface area contributed by atoms with Gasteiger partial charge in [0.15, 0.2) is 11.7 Å². The SMILES string of the molecule is O=C(O)CC(O)(CC(=O)O)C(=O)O.O=C(O)[C@H](O)[C@@H](O)[C@H](O)[C@H](O)CO.O=P(O)(O)OP(=O)(O)O.[KH]. The van der Waals surface area contributed by atoms with Crippen molar-refractivity contribution in [2.24, 2.45) is 0 Å². The fourth-order valence-corrected chi connectivity index (χ4v) is 2.63. The van der Waals surface area contributed by atoms with Gasteiger partial charge in [0, 0.05) is 0 Å². The second kappa shape index (κ2) is 18.7. The Kier molecular flexibility index (Phi) is 22.2. The van der Waals surface area contributed by atoms with Gasteiger partial charge < -0.3 is 70.6 Å². The van der Waals surface area contributed by atoms with Crippen LogP contribution >= 0.6 is 15.6 Å². The number of aliphatic hydroxyl groups is 6. The van der Waals surface area contributed by atoms with Crippen LogP contribution in [0.2, 0.25) is 0 Å². The zero-order chi connectivity index (χ0) is 28.9. The molecule has 0 bridgehead atoms. The minimum absolute atomic E-state index is 0. The average Bonchev–Trinajstić information content (AvgIpc) is 2.62. The molecule has 0 fully saturated rings. The molecule has 14 N–H and O–H groups in total. The normalized spacial score (nSPS) is 14.7. The van der Waals surface area contributed by atoms with Crippen LogP contribution in [0.4, 0.5) is 0 Å². The van der Waals surface area contributed by atoms with Crippen LogP contribution in [0.25, 0.3) is 0 Å². The fourth-order valence-electron chi connectivity index (χ4n) is 1.52. The molecule has 0 aromatic rings. The average molecular weight is 606 g/mol. The molecule has 0 aromatic carbocycles. The zero-order valence-corrected chi connectivity index (χ0v) is 18.7. The molecule has 0 saturated carbocycles. The van der Waals surface area contributed by atoms with E-state index in [1.54, 1.807) is 0 Å². The number of carboxylic acid groups (broad SMARTS) is 4. The number of rotatable bonds is 12. The third kappa shape index (κ3) is 22.7. The van der Waals surface area contributed by atoms with Crippen molar-refractivity contribution in [1.82, 2.24) is 0 Å². The van der Waals surface area contributed by atoms with Gasteiger partial charge in [0.05, 0.1) is 19.4 Å². The fraction of sp³-hybridized carbons (Fsp3) is 0.667. The number of carboxylic acids is 4. The van der Waals surface area contributed by atoms with Crippen molar-refractivity contribution in [3.63, 3.8) is 0 Å². The van der Waals surface area contributed by atoms with Crippen LogP contribution in [-0.2, 0) is 32.6 Å². The molecular weight excluding hydrogens is 581 g/mol. The van der Waals surface area contributed by atoms with Crippen molar-refractivity contribution in [2.45, 2.75) is 42.9 Å². The Morgan fingerprint density at radius 2 is 1.08 bits per heavy atom. The van der Waals surface area contributed by atoms with Crippen LogP contribution in [0.15, 0.2) is 0 Å². The molecule has 0 aliphatic rings. The van der Waals surface area contributed by atoms with Crippen LogP contribution in [-0.4, -0.2) is 183 Å². The second-order valence-electron chi connectivity index (χ2n) is 6.05. The van der Waals surface area contributed by atoms with E-state index in [1.165, 1.54) is 0 Å². The van der Waals surface area contributed by atoms with Gasteiger partial charge in [-0.25, -0.2) is 18.7 Å². The summed E-state index contributed by atoms with van der Waals surface area (Å²) in [6.07, 6.45) is -10.1. The summed E-state index contributed by atoms with van der Waals surface area (Å²) in [5, 5.41) is 85.6. The molecule has 21 nitrogen and oxygen atoms in total. The van der Waals surface area contributed by atoms with Crippen LogP contribution in [0.1, 0.15) is 12.8 Å². The summed E-state index contributed by atoms with van der Waals surface area (Å²) in [4.78, 5) is 71.6. The summed E-state index contributed by atoms with van der Waals surface area (Å²) in [5.41, 5.74) is -2.74. The topological polar surface area (TPSA) is 395 Å². The molecular formula is C12H25KO21P2. The molecule has 0 spiro atoms. The third-order valence-corrected chi connectivity index (χ3v) is 4.71. The number of phosphoric acid groups is 2. The molecule has 0 unspecified atom stereocenters. The Morgan fingerprint density at radius 3 is 1.25 bits per heavy atom. The number of aliphatic hydroxyl groups excluding tert-OH is 5. The predicted octanol–water partition coefficient (Wildman–Crippen LogP) is -6.20. The summed E-state index contributed by atoms with van der Waals surface area (Å²) < 4.78 is 22.2. The molecule has 0 aliphatic carbocycles. The number of aliphatic carboxylic acids is 4. The van der Waals surface area contributed by atoms with Crippen LogP contribution in [0.3, 0.4) is 0 Å². The van der Waals surface area contributed by atoms with E-state index in [9.17, 15) is 28.3 Å². The molecule has 36 heavy (non-hydrogen) atoms. The van der Waals surface area contributed by atoms with Gasteiger partial charge in [-0.1, -0.05) is 0 Å². The summed E-state index contributed by atoms with van der Waals surface area (Å²) >= 11 is 0. The van der Waals surface area contributed by atoms with Gasteiger partial charge in [-0.05, 0) is 0 Å². The van der Waals surface area contributed by atoms with Gasteiger partial charge in [0.25, 0.3) is 0 Å². The molecule has 0 amide bonds. The van der Waals surface area contributed by atoms with E-state index in [0.717, 1.165) is 0 Å². The van der Waals surface area contributed by atoms with Crippen molar-refractivity contribution in [3.8, 4) is 0 Å². The van der Waals surface area contributed by atoms with Gasteiger partial charge in [0.2, 0.25) is 0 Å². The van der Waals surface area contributed by atoms with Crippen molar-refractivity contribution >= 4 is 90.9 Å². The number of hydrogen-bond acceptors (Lipinski definition) is 13. The van der Waals surface area contributed by atoms with Crippen molar-refractivity contribution in [3.05, 3.63) is 0 Å². The molecule has 0 radical (unpaired) electrons. The van der Waals surface area contributed by atoms with E-state index in [2.05, 4.69) is 4.31 Å². The first-order valence-corrected chi connectivity index (χ1v) is 11.2. The van der Waals surface area contributed by atoms with E-state index >= 15 is 0 Å². The second-order valence-corrected chi connectivity index (χ2v) is 8.67. The van der Waals surface area contributed by atoms with Gasteiger partial charge in [-0.15, -0.1) is 0 Å². The number of carbonyl (C=O) groups is 4. The number of hydrogen-bond donors (Lipinski definition) is 14. The molecule has 0 aliphatic heterocycles. The van der Waals surface area contributed by atoms with Crippen molar-refractivity contribution in [1.29, 1.82) is 0 Å². The Labute approximate surface area is 242 Å². The van der Waals surface area contributed by atoms with E-state index < -0.39 is 89.0 Å². The quantitative estimate of drug-likeness (QED) is 0.0725. The summed E-state index contributed by atoms with van der Waals surface area (Å²) in [7, 11) is -10.1. The van der Waals surface area contributed by atoms with Crippen LogP contribution in [0.5, 0.6) is 0 Å². The van der Waals surface area contributed by atoms with Gasteiger partial charge in [-0.3, -0.25) is 9.59 Å². The summed E-state index contributed by atoms with van der Waals surface area (Å²) in [5.74, 6) is -6.74. The van der Waals surface area contributed by atoms with E-state index in [0.29, 0.717) is 0 Å². The van der Waals surface area contributed by atoms with Gasteiger partial charge in [0.1, 0.15) is 18.3 Å². The first kappa shape index (κ1) is 42.6. The molecule has 210 valence electrons. The predicted molar refractivity (Wildman–Crippen MR) is 108 cm³/mol. The molecule has 4 atom stereocenters. The van der Waals surface area contributed by atoms with Crippen molar-refractivity contribution < 1.29 is 103 Å². The van der Waals surface area contributed by atoms with Crippen molar-refractivity contribution in [2.75, 3.05) is 6.61 Å². The minimum atomic E-state index is -5.05. The third-order valence-electron chi connectivity index (χ3n) is 3.01. The Hall–Kier alpha value is -0.464. The summed E-state index contributed by atoms with van der Waals surface area (Å²) in [6, 6.07) is 0. The maximum absolute atomic E-state index is 10.3. The van der Waals surface area contributed by atoms with Crippen LogP contribution < -0.4 is 0 Å². The van der Waals surface area contributed by atoms with E-state index in [1.807, 2.05) is 0 Å². The zero-order valence-electron chi connectivity index (χ0n) is 16.9. The van der Waals surface area contributed by atoms with Gasteiger partial charge >= 0.3 is 90.9 Å². The van der Waals surface area contributed by atoms with Crippen LogP contribution in [0, 0.1) is 0 Å². The van der Waals surface area contributed by atoms with E-state index in [4.69, 9.17) is 70.6 Å². The molecule has 24 heteroatoms.